The van der Waals surface area contributed by atoms with Gasteiger partial charge in [-0.1, -0.05) is 13.0 Å². The summed E-state index contributed by atoms with van der Waals surface area (Å²) in [6.45, 7) is 3.10. The first-order valence-electron chi connectivity index (χ1n) is 5.52. The zero-order valence-corrected chi connectivity index (χ0v) is 9.48. The van der Waals surface area contributed by atoms with E-state index >= 15 is 0 Å². The summed E-state index contributed by atoms with van der Waals surface area (Å²) in [5.41, 5.74) is 5.65. The van der Waals surface area contributed by atoms with Crippen molar-refractivity contribution < 1.29 is 14.7 Å². The number of carboxylic acids is 1. The predicted molar refractivity (Wildman–Crippen MR) is 59.8 cm³/mol. The molecule has 3 N–H and O–H groups in total. The zero-order valence-electron chi connectivity index (χ0n) is 9.48. The summed E-state index contributed by atoms with van der Waals surface area (Å²) in [5, 5.41) is 8.84. The van der Waals surface area contributed by atoms with Gasteiger partial charge in [-0.05, 0) is 25.8 Å². The number of nitrogens with zero attached hydrogens (tertiary/aromatic N) is 1. The molecule has 16 heavy (non-hydrogen) atoms. The first-order valence-corrected chi connectivity index (χ1v) is 5.52. The number of carboxylic acid groups (broad SMARTS) is 1. The van der Waals surface area contributed by atoms with Gasteiger partial charge in [0, 0.05) is 12.1 Å². The highest BCUT2D eigenvalue weighted by molar-refractivity contribution is 5.86. The molecule has 5 heteroatoms. The summed E-state index contributed by atoms with van der Waals surface area (Å²) < 4.78 is 0. The molecule has 1 unspecified atom stereocenters. The van der Waals surface area contributed by atoms with E-state index in [1.54, 1.807) is 13.0 Å². The molecule has 1 amide bonds. The number of aliphatic carboxylic acids is 1. The molecule has 0 radical (unpaired) electrons. The van der Waals surface area contributed by atoms with Crippen molar-refractivity contribution in [1.29, 1.82) is 0 Å². The van der Waals surface area contributed by atoms with E-state index in [0.717, 1.165) is 19.4 Å². The van der Waals surface area contributed by atoms with Gasteiger partial charge in [0.05, 0.1) is 6.04 Å². The molecule has 0 aromatic rings. The normalized spacial score (nSPS) is 22.3. The van der Waals surface area contributed by atoms with Gasteiger partial charge in [0.2, 0.25) is 5.91 Å². The average Bonchev–Trinajstić information content (AvgIpc) is 2.66. The van der Waals surface area contributed by atoms with E-state index in [1.165, 1.54) is 0 Å². The van der Waals surface area contributed by atoms with Gasteiger partial charge in [0.1, 0.15) is 0 Å². The van der Waals surface area contributed by atoms with Crippen LogP contribution in [0.2, 0.25) is 0 Å². The van der Waals surface area contributed by atoms with Crippen LogP contribution < -0.4 is 5.73 Å². The average molecular weight is 226 g/mol. The first kappa shape index (κ1) is 12.7. The van der Waals surface area contributed by atoms with Crippen LogP contribution in [0, 0.1) is 0 Å². The first-order chi connectivity index (χ1) is 7.56. The Morgan fingerprint density at radius 2 is 2.25 bits per heavy atom. The molecule has 0 aliphatic carbocycles. The Balaban J connectivity index is 2.60. The number of carbonyl (C=O) groups excluding carboxylic acids is 1. The number of carbonyl (C=O) groups is 2. The van der Waals surface area contributed by atoms with Gasteiger partial charge < -0.3 is 10.8 Å². The number of primary amides is 1. The van der Waals surface area contributed by atoms with E-state index < -0.39 is 5.97 Å². The lowest BCUT2D eigenvalue weighted by Gasteiger charge is -2.20. The van der Waals surface area contributed by atoms with Gasteiger partial charge in [-0.15, -0.1) is 0 Å². The van der Waals surface area contributed by atoms with Crippen LogP contribution in [0.15, 0.2) is 11.6 Å². The Kier molecular flexibility index (Phi) is 4.49. The Hall–Kier alpha value is -1.36. The molecule has 1 heterocycles. The second-order valence-corrected chi connectivity index (χ2v) is 3.94. The topological polar surface area (TPSA) is 83.6 Å². The number of amides is 1. The standard InChI is InChI=1S/C11H18N2O3/c1-2-8(11(15)16)5-7-13-6-3-4-9(13)10(12)14/h5,9H,2-4,6-7H2,1H3,(H2,12,14)(H,15,16). The fourth-order valence-electron chi connectivity index (χ4n) is 1.98. The molecule has 0 bridgehead atoms. The highest BCUT2D eigenvalue weighted by Crippen LogP contribution is 2.17. The van der Waals surface area contributed by atoms with Crippen molar-refractivity contribution in [3.05, 3.63) is 11.6 Å². The molecule has 90 valence electrons. The van der Waals surface area contributed by atoms with E-state index in [2.05, 4.69) is 0 Å². The van der Waals surface area contributed by atoms with Crippen LogP contribution in [0.3, 0.4) is 0 Å². The summed E-state index contributed by atoms with van der Waals surface area (Å²) >= 11 is 0. The molecule has 1 atom stereocenters. The second-order valence-electron chi connectivity index (χ2n) is 3.94. The molecule has 0 saturated carbocycles. The Labute approximate surface area is 94.9 Å². The molecule has 1 fully saturated rings. The molecule has 0 aromatic carbocycles. The minimum atomic E-state index is -0.891. The number of likely N-dealkylation sites (tertiary alicyclic amines) is 1. The molecule has 0 aromatic heterocycles. The highest BCUT2D eigenvalue weighted by atomic mass is 16.4. The lowest BCUT2D eigenvalue weighted by molar-refractivity contribution is -0.132. The van der Waals surface area contributed by atoms with Crippen molar-refractivity contribution >= 4 is 11.9 Å². The Bertz CT molecular complexity index is 312. The molecule has 1 saturated heterocycles. The summed E-state index contributed by atoms with van der Waals surface area (Å²) in [6, 6.07) is -0.233. The summed E-state index contributed by atoms with van der Waals surface area (Å²) in [6.07, 6.45) is 3.88. The molecule has 1 rings (SSSR count). The van der Waals surface area contributed by atoms with Crippen LogP contribution in [-0.4, -0.2) is 41.0 Å². The van der Waals surface area contributed by atoms with E-state index in [0.29, 0.717) is 18.5 Å². The van der Waals surface area contributed by atoms with Crippen LogP contribution in [0.1, 0.15) is 26.2 Å². The summed E-state index contributed by atoms with van der Waals surface area (Å²) in [7, 11) is 0. The van der Waals surface area contributed by atoms with E-state index in [4.69, 9.17) is 10.8 Å². The van der Waals surface area contributed by atoms with Gasteiger partial charge in [-0.2, -0.15) is 0 Å². The number of hydrogen-bond donors (Lipinski definition) is 2. The van der Waals surface area contributed by atoms with Gasteiger partial charge >= 0.3 is 5.97 Å². The number of nitrogens with two attached hydrogens (primary N) is 1. The van der Waals surface area contributed by atoms with Crippen molar-refractivity contribution in [3.63, 3.8) is 0 Å². The van der Waals surface area contributed by atoms with Crippen LogP contribution >= 0.6 is 0 Å². The molecule has 1 aliphatic rings. The van der Waals surface area contributed by atoms with E-state index in [9.17, 15) is 9.59 Å². The second kappa shape index (κ2) is 5.65. The SMILES string of the molecule is CCC(=CCN1CCCC1C(N)=O)C(=O)O. The van der Waals surface area contributed by atoms with Crippen molar-refractivity contribution in [2.45, 2.75) is 32.2 Å². The molecule has 1 aliphatic heterocycles. The maximum Gasteiger partial charge on any atom is 0.331 e. The van der Waals surface area contributed by atoms with Crippen molar-refractivity contribution in [2.75, 3.05) is 13.1 Å². The zero-order chi connectivity index (χ0) is 12.1. The molecular formula is C11H18N2O3. The molecule has 0 spiro atoms. The van der Waals surface area contributed by atoms with E-state index in [1.807, 2.05) is 4.90 Å². The molecule has 5 nitrogen and oxygen atoms in total. The third-order valence-corrected chi connectivity index (χ3v) is 2.92. The predicted octanol–water partition coefficient (Wildman–Crippen LogP) is 0.357. The minimum Gasteiger partial charge on any atom is -0.478 e. The minimum absolute atomic E-state index is 0.233. The third-order valence-electron chi connectivity index (χ3n) is 2.92. The number of hydrogen-bond acceptors (Lipinski definition) is 3. The summed E-state index contributed by atoms with van der Waals surface area (Å²) in [5.74, 6) is -1.21. The number of rotatable bonds is 5. The quantitative estimate of drug-likeness (QED) is 0.663. The monoisotopic (exact) mass is 226 g/mol. The Morgan fingerprint density at radius 1 is 1.56 bits per heavy atom. The van der Waals surface area contributed by atoms with Gasteiger partial charge in [0.15, 0.2) is 0 Å². The van der Waals surface area contributed by atoms with Gasteiger partial charge in [0.25, 0.3) is 0 Å². The maximum atomic E-state index is 11.1. The fraction of sp³-hybridized carbons (Fsp3) is 0.636. The lowest BCUT2D eigenvalue weighted by Crippen LogP contribution is -2.40. The highest BCUT2D eigenvalue weighted by Gasteiger charge is 2.27. The van der Waals surface area contributed by atoms with Crippen LogP contribution in [0.5, 0.6) is 0 Å². The van der Waals surface area contributed by atoms with Gasteiger partial charge in [-0.3, -0.25) is 9.69 Å². The third kappa shape index (κ3) is 3.06. The van der Waals surface area contributed by atoms with E-state index in [-0.39, 0.29) is 11.9 Å². The molecular weight excluding hydrogens is 208 g/mol. The Morgan fingerprint density at radius 3 is 2.75 bits per heavy atom. The van der Waals surface area contributed by atoms with Crippen LogP contribution in [0.25, 0.3) is 0 Å². The van der Waals surface area contributed by atoms with Gasteiger partial charge in [-0.25, -0.2) is 4.79 Å². The van der Waals surface area contributed by atoms with Crippen LogP contribution in [-0.2, 0) is 9.59 Å². The largest absolute Gasteiger partial charge is 0.478 e. The van der Waals surface area contributed by atoms with Crippen molar-refractivity contribution in [3.8, 4) is 0 Å². The van der Waals surface area contributed by atoms with Crippen molar-refractivity contribution in [2.24, 2.45) is 5.73 Å². The maximum absolute atomic E-state index is 11.1. The van der Waals surface area contributed by atoms with Crippen LogP contribution in [0.4, 0.5) is 0 Å². The smallest absolute Gasteiger partial charge is 0.331 e. The van der Waals surface area contributed by atoms with Crippen molar-refractivity contribution in [1.82, 2.24) is 4.90 Å². The fourth-order valence-corrected chi connectivity index (χ4v) is 1.98. The summed E-state index contributed by atoms with van der Waals surface area (Å²) in [4.78, 5) is 23.8. The lowest BCUT2D eigenvalue weighted by atomic mass is 10.2.